The number of hydrogen-bond donors (Lipinski definition) is 1. The van der Waals surface area contributed by atoms with Crippen molar-refractivity contribution in [2.75, 3.05) is 20.1 Å². The third kappa shape index (κ3) is 5.95. The standard InChI is InChI=1S/C19H26N4S.HI/c1-15-13-21-18(24-15)14-22-19(20-2)23-10-8-17(9-11-23)12-16-6-4-3-5-7-16;/h3-7,13,17H,8-12,14H2,1-2H3,(H,20,22);1H. The van der Waals surface area contributed by atoms with Gasteiger partial charge < -0.3 is 10.2 Å². The van der Waals surface area contributed by atoms with Crippen LogP contribution in [0.1, 0.15) is 28.3 Å². The van der Waals surface area contributed by atoms with Gasteiger partial charge in [0.05, 0.1) is 6.54 Å². The van der Waals surface area contributed by atoms with E-state index in [1.165, 1.54) is 29.7 Å². The molecule has 1 aliphatic heterocycles. The van der Waals surface area contributed by atoms with Gasteiger partial charge in [-0.1, -0.05) is 30.3 Å². The van der Waals surface area contributed by atoms with Gasteiger partial charge in [0.25, 0.3) is 0 Å². The van der Waals surface area contributed by atoms with Crippen molar-refractivity contribution in [1.29, 1.82) is 0 Å². The maximum Gasteiger partial charge on any atom is 0.193 e. The van der Waals surface area contributed by atoms with Crippen LogP contribution in [0.15, 0.2) is 41.5 Å². The summed E-state index contributed by atoms with van der Waals surface area (Å²) in [7, 11) is 1.87. The number of aliphatic imine (C=N–C) groups is 1. The molecule has 0 saturated carbocycles. The van der Waals surface area contributed by atoms with Crippen molar-refractivity contribution in [2.45, 2.75) is 32.7 Å². The molecule has 0 aliphatic carbocycles. The van der Waals surface area contributed by atoms with E-state index in [1.54, 1.807) is 11.3 Å². The SMILES string of the molecule is CN=C(NCc1ncc(C)s1)N1CCC(Cc2ccccc2)CC1.I. The van der Waals surface area contributed by atoms with Gasteiger partial charge in [0.15, 0.2) is 5.96 Å². The molecule has 0 amide bonds. The molecule has 1 N–H and O–H groups in total. The van der Waals surface area contributed by atoms with Crippen LogP contribution < -0.4 is 5.32 Å². The van der Waals surface area contributed by atoms with Crippen LogP contribution in [-0.2, 0) is 13.0 Å². The van der Waals surface area contributed by atoms with Gasteiger partial charge in [-0.25, -0.2) is 4.98 Å². The highest BCUT2D eigenvalue weighted by Gasteiger charge is 2.21. The number of rotatable bonds is 4. The molecule has 0 unspecified atom stereocenters. The topological polar surface area (TPSA) is 40.5 Å². The molecular formula is C19H27IN4S. The highest BCUT2D eigenvalue weighted by Crippen LogP contribution is 2.21. The Balaban J connectivity index is 0.00000225. The Morgan fingerprint density at radius 1 is 1.28 bits per heavy atom. The lowest BCUT2D eigenvalue weighted by atomic mass is 9.90. The van der Waals surface area contributed by atoms with Gasteiger partial charge >= 0.3 is 0 Å². The molecule has 0 bridgehead atoms. The zero-order valence-corrected chi connectivity index (χ0v) is 18.1. The van der Waals surface area contributed by atoms with E-state index in [1.807, 2.05) is 13.2 Å². The van der Waals surface area contributed by atoms with Crippen molar-refractivity contribution < 1.29 is 0 Å². The smallest absolute Gasteiger partial charge is 0.193 e. The fourth-order valence-electron chi connectivity index (χ4n) is 3.27. The van der Waals surface area contributed by atoms with Crippen LogP contribution in [0.5, 0.6) is 0 Å². The van der Waals surface area contributed by atoms with Crippen LogP contribution in [0.25, 0.3) is 0 Å². The molecule has 0 radical (unpaired) electrons. The number of nitrogens with one attached hydrogen (secondary N) is 1. The second-order valence-corrected chi connectivity index (χ2v) is 7.70. The van der Waals surface area contributed by atoms with Gasteiger partial charge in [-0.3, -0.25) is 4.99 Å². The molecule has 1 aromatic carbocycles. The number of piperidine rings is 1. The van der Waals surface area contributed by atoms with E-state index in [0.29, 0.717) is 0 Å². The molecule has 0 atom stereocenters. The van der Waals surface area contributed by atoms with Crippen LogP contribution >= 0.6 is 35.3 Å². The fourth-order valence-corrected chi connectivity index (χ4v) is 3.99. The molecule has 25 heavy (non-hydrogen) atoms. The zero-order chi connectivity index (χ0) is 16.8. The Bertz CT molecular complexity index is 663. The number of aromatic nitrogens is 1. The number of guanidine groups is 1. The maximum absolute atomic E-state index is 4.45. The summed E-state index contributed by atoms with van der Waals surface area (Å²) in [5.74, 6) is 1.78. The number of likely N-dealkylation sites (tertiary alicyclic amines) is 1. The molecule has 136 valence electrons. The summed E-state index contributed by atoms with van der Waals surface area (Å²) in [6, 6.07) is 10.8. The average Bonchev–Trinajstić information content (AvgIpc) is 3.03. The first-order valence-corrected chi connectivity index (χ1v) is 9.47. The quantitative estimate of drug-likeness (QED) is 0.416. The molecule has 3 rings (SSSR count). The van der Waals surface area contributed by atoms with Gasteiger partial charge in [0.1, 0.15) is 5.01 Å². The summed E-state index contributed by atoms with van der Waals surface area (Å²) in [5.41, 5.74) is 1.46. The maximum atomic E-state index is 4.45. The summed E-state index contributed by atoms with van der Waals surface area (Å²) in [5, 5.41) is 4.58. The predicted octanol–water partition coefficient (Wildman–Crippen LogP) is 4.10. The van der Waals surface area contributed by atoms with E-state index < -0.39 is 0 Å². The Labute approximate surface area is 171 Å². The number of thiazole rings is 1. The van der Waals surface area contributed by atoms with Gasteiger partial charge in [-0.2, -0.15) is 0 Å². The Kier molecular flexibility index (Phi) is 8.15. The molecule has 1 aromatic heterocycles. The number of hydrogen-bond acceptors (Lipinski definition) is 3. The second kappa shape index (κ2) is 10.1. The number of halogens is 1. The van der Waals surface area contributed by atoms with Gasteiger partial charge in [0, 0.05) is 31.2 Å². The van der Waals surface area contributed by atoms with Crippen LogP contribution in [0.4, 0.5) is 0 Å². The van der Waals surface area contributed by atoms with Gasteiger partial charge in [-0.15, -0.1) is 35.3 Å². The lowest BCUT2D eigenvalue weighted by Crippen LogP contribution is -2.45. The van der Waals surface area contributed by atoms with E-state index in [9.17, 15) is 0 Å². The molecule has 1 saturated heterocycles. The minimum Gasteiger partial charge on any atom is -0.350 e. The third-order valence-corrected chi connectivity index (χ3v) is 5.47. The molecule has 4 nitrogen and oxygen atoms in total. The van der Waals surface area contributed by atoms with E-state index >= 15 is 0 Å². The normalized spacial score (nSPS) is 15.8. The summed E-state index contributed by atoms with van der Waals surface area (Å²) in [6.45, 7) is 5.00. The summed E-state index contributed by atoms with van der Waals surface area (Å²) in [4.78, 5) is 12.5. The molecule has 1 fully saturated rings. The van der Waals surface area contributed by atoms with Crippen molar-refractivity contribution >= 4 is 41.3 Å². The van der Waals surface area contributed by atoms with Crippen LogP contribution in [0, 0.1) is 12.8 Å². The summed E-state index contributed by atoms with van der Waals surface area (Å²) < 4.78 is 0. The van der Waals surface area contributed by atoms with Crippen LogP contribution in [-0.4, -0.2) is 36.0 Å². The van der Waals surface area contributed by atoms with E-state index in [-0.39, 0.29) is 24.0 Å². The molecule has 1 aliphatic rings. The Morgan fingerprint density at radius 2 is 2.00 bits per heavy atom. The second-order valence-electron chi connectivity index (χ2n) is 6.39. The van der Waals surface area contributed by atoms with E-state index in [2.05, 4.69) is 57.4 Å². The molecule has 2 aromatic rings. The van der Waals surface area contributed by atoms with Crippen molar-refractivity contribution in [3.63, 3.8) is 0 Å². The summed E-state index contributed by atoms with van der Waals surface area (Å²) >= 11 is 1.74. The minimum atomic E-state index is 0. The zero-order valence-electron chi connectivity index (χ0n) is 14.9. The average molecular weight is 470 g/mol. The van der Waals surface area contributed by atoms with Crippen molar-refractivity contribution in [2.24, 2.45) is 10.9 Å². The van der Waals surface area contributed by atoms with Crippen molar-refractivity contribution in [1.82, 2.24) is 15.2 Å². The highest BCUT2D eigenvalue weighted by atomic mass is 127. The number of aryl methyl sites for hydroxylation is 1. The number of benzene rings is 1. The van der Waals surface area contributed by atoms with Crippen LogP contribution in [0.3, 0.4) is 0 Å². The summed E-state index contributed by atoms with van der Waals surface area (Å²) in [6.07, 6.45) is 5.58. The molecule has 0 spiro atoms. The van der Waals surface area contributed by atoms with E-state index in [4.69, 9.17) is 0 Å². The van der Waals surface area contributed by atoms with Gasteiger partial charge in [0.2, 0.25) is 0 Å². The number of nitrogens with zero attached hydrogens (tertiary/aromatic N) is 3. The lowest BCUT2D eigenvalue weighted by molar-refractivity contribution is 0.259. The first kappa shape index (κ1) is 20.2. The van der Waals surface area contributed by atoms with Gasteiger partial charge in [-0.05, 0) is 37.7 Å². The lowest BCUT2D eigenvalue weighted by Gasteiger charge is -2.34. The first-order chi connectivity index (χ1) is 11.7. The van der Waals surface area contributed by atoms with Crippen molar-refractivity contribution in [3.8, 4) is 0 Å². The molecular weight excluding hydrogens is 443 g/mol. The largest absolute Gasteiger partial charge is 0.350 e. The predicted molar refractivity (Wildman–Crippen MR) is 117 cm³/mol. The Hall–Kier alpha value is -1.15. The van der Waals surface area contributed by atoms with E-state index in [0.717, 1.165) is 36.5 Å². The Morgan fingerprint density at radius 3 is 2.60 bits per heavy atom. The monoisotopic (exact) mass is 470 g/mol. The highest BCUT2D eigenvalue weighted by molar-refractivity contribution is 14.0. The fraction of sp³-hybridized carbons (Fsp3) is 0.474. The minimum absolute atomic E-state index is 0. The third-order valence-electron chi connectivity index (χ3n) is 4.56. The molecule has 2 heterocycles. The van der Waals surface area contributed by atoms with Crippen molar-refractivity contribution in [3.05, 3.63) is 52.0 Å². The first-order valence-electron chi connectivity index (χ1n) is 8.65. The molecule has 6 heteroatoms. The van der Waals surface area contributed by atoms with Crippen LogP contribution in [0.2, 0.25) is 0 Å².